The molecule has 0 spiro atoms. The Morgan fingerprint density at radius 1 is 1.33 bits per heavy atom. The highest BCUT2D eigenvalue weighted by molar-refractivity contribution is 9.10. The molecule has 1 aliphatic rings. The van der Waals surface area contributed by atoms with Crippen molar-refractivity contribution in [3.8, 4) is 0 Å². The van der Waals surface area contributed by atoms with Crippen LogP contribution in [0.2, 0.25) is 0 Å². The van der Waals surface area contributed by atoms with Gasteiger partial charge in [-0.1, -0.05) is 28.1 Å². The summed E-state index contributed by atoms with van der Waals surface area (Å²) >= 11 is 3.53. The van der Waals surface area contributed by atoms with Crippen LogP contribution in [0.25, 0.3) is 0 Å². The SMILES string of the molecule is NCC1(c2cccc(Br)c2)CCNCC1. The topological polar surface area (TPSA) is 38.0 Å². The monoisotopic (exact) mass is 268 g/mol. The first-order valence-corrected chi connectivity index (χ1v) is 6.23. The molecule has 1 heterocycles. The lowest BCUT2D eigenvalue weighted by atomic mass is 9.73. The number of halogens is 1. The number of hydrogen-bond donors (Lipinski definition) is 2. The van der Waals surface area contributed by atoms with Gasteiger partial charge in [-0.15, -0.1) is 0 Å². The summed E-state index contributed by atoms with van der Waals surface area (Å²) in [5.74, 6) is 0. The summed E-state index contributed by atoms with van der Waals surface area (Å²) in [4.78, 5) is 0. The third-order valence-electron chi connectivity index (χ3n) is 3.39. The Bertz CT molecular complexity index is 332. The van der Waals surface area contributed by atoms with Crippen LogP contribution in [0.3, 0.4) is 0 Å². The molecule has 0 saturated carbocycles. The highest BCUT2D eigenvalue weighted by Gasteiger charge is 2.32. The Balaban J connectivity index is 2.32. The van der Waals surface area contributed by atoms with Crippen LogP contribution in [-0.4, -0.2) is 19.6 Å². The summed E-state index contributed by atoms with van der Waals surface area (Å²) in [5.41, 5.74) is 7.54. The van der Waals surface area contributed by atoms with Crippen molar-refractivity contribution in [3.05, 3.63) is 34.3 Å². The van der Waals surface area contributed by atoms with Crippen LogP contribution in [0, 0.1) is 0 Å². The smallest absolute Gasteiger partial charge is 0.0178 e. The molecule has 0 aliphatic carbocycles. The number of benzene rings is 1. The van der Waals surface area contributed by atoms with Crippen LogP contribution in [0.4, 0.5) is 0 Å². The lowest BCUT2D eigenvalue weighted by molar-refractivity contribution is 0.315. The maximum Gasteiger partial charge on any atom is 0.0178 e. The molecule has 1 aromatic carbocycles. The van der Waals surface area contributed by atoms with E-state index in [1.54, 1.807) is 0 Å². The summed E-state index contributed by atoms with van der Waals surface area (Å²) in [6.45, 7) is 2.89. The first-order chi connectivity index (χ1) is 7.27. The Morgan fingerprint density at radius 2 is 2.07 bits per heavy atom. The average Bonchev–Trinajstić information content (AvgIpc) is 2.30. The molecule has 1 saturated heterocycles. The average molecular weight is 269 g/mol. The van der Waals surface area contributed by atoms with Crippen molar-refractivity contribution in [1.29, 1.82) is 0 Å². The minimum Gasteiger partial charge on any atom is -0.330 e. The third kappa shape index (κ3) is 2.25. The van der Waals surface area contributed by atoms with E-state index in [1.807, 2.05) is 0 Å². The van der Waals surface area contributed by atoms with E-state index in [9.17, 15) is 0 Å². The zero-order valence-corrected chi connectivity index (χ0v) is 10.4. The van der Waals surface area contributed by atoms with E-state index in [1.165, 1.54) is 5.56 Å². The minimum atomic E-state index is 0.190. The number of hydrogen-bond acceptors (Lipinski definition) is 2. The molecule has 0 unspecified atom stereocenters. The maximum atomic E-state index is 5.98. The molecule has 15 heavy (non-hydrogen) atoms. The summed E-state index contributed by atoms with van der Waals surface area (Å²) in [6, 6.07) is 8.56. The van der Waals surface area contributed by atoms with Gasteiger partial charge in [0, 0.05) is 16.4 Å². The van der Waals surface area contributed by atoms with Crippen LogP contribution in [-0.2, 0) is 5.41 Å². The van der Waals surface area contributed by atoms with Crippen LogP contribution < -0.4 is 11.1 Å². The van der Waals surface area contributed by atoms with Gasteiger partial charge in [0.2, 0.25) is 0 Å². The minimum absolute atomic E-state index is 0.190. The van der Waals surface area contributed by atoms with E-state index >= 15 is 0 Å². The second kappa shape index (κ2) is 4.64. The molecule has 2 nitrogen and oxygen atoms in total. The van der Waals surface area contributed by atoms with Gasteiger partial charge < -0.3 is 11.1 Å². The molecular weight excluding hydrogens is 252 g/mol. The molecular formula is C12H17BrN2. The summed E-state index contributed by atoms with van der Waals surface area (Å²) in [6.07, 6.45) is 2.28. The van der Waals surface area contributed by atoms with Crippen molar-refractivity contribution < 1.29 is 0 Å². The van der Waals surface area contributed by atoms with Gasteiger partial charge in [-0.05, 0) is 43.6 Å². The van der Waals surface area contributed by atoms with Crippen LogP contribution in [0.15, 0.2) is 28.7 Å². The molecule has 1 aromatic rings. The predicted molar refractivity (Wildman–Crippen MR) is 67.0 cm³/mol. The molecule has 0 bridgehead atoms. The fraction of sp³-hybridized carbons (Fsp3) is 0.500. The van der Waals surface area contributed by atoms with E-state index in [2.05, 4.69) is 45.5 Å². The Kier molecular flexibility index (Phi) is 3.44. The van der Waals surface area contributed by atoms with E-state index in [0.717, 1.165) is 36.9 Å². The predicted octanol–water partition coefficient (Wildman–Crippen LogP) is 2.03. The maximum absolute atomic E-state index is 5.98. The highest BCUT2D eigenvalue weighted by atomic mass is 79.9. The molecule has 0 atom stereocenters. The van der Waals surface area contributed by atoms with Crippen molar-refractivity contribution in [2.24, 2.45) is 5.73 Å². The van der Waals surface area contributed by atoms with E-state index in [4.69, 9.17) is 5.73 Å². The van der Waals surface area contributed by atoms with E-state index in [0.29, 0.717) is 0 Å². The Morgan fingerprint density at radius 3 is 2.67 bits per heavy atom. The Labute approximate surface area is 99.4 Å². The first kappa shape index (κ1) is 11.1. The van der Waals surface area contributed by atoms with Gasteiger partial charge in [0.15, 0.2) is 0 Å². The highest BCUT2D eigenvalue weighted by Crippen LogP contribution is 2.33. The molecule has 1 fully saturated rings. The standard InChI is InChI=1S/C12H17BrN2/c13-11-3-1-2-10(8-11)12(9-14)4-6-15-7-5-12/h1-3,8,15H,4-7,9,14H2. The van der Waals surface area contributed by atoms with Crippen molar-refractivity contribution in [1.82, 2.24) is 5.32 Å². The number of rotatable bonds is 2. The number of nitrogens with one attached hydrogen (secondary N) is 1. The largest absolute Gasteiger partial charge is 0.330 e. The van der Waals surface area contributed by atoms with Crippen molar-refractivity contribution in [3.63, 3.8) is 0 Å². The van der Waals surface area contributed by atoms with Crippen LogP contribution in [0.1, 0.15) is 18.4 Å². The second-order valence-corrected chi connectivity index (χ2v) is 5.16. The zero-order chi connectivity index (χ0) is 10.7. The second-order valence-electron chi connectivity index (χ2n) is 4.24. The summed E-state index contributed by atoms with van der Waals surface area (Å²) in [7, 11) is 0. The van der Waals surface area contributed by atoms with Gasteiger partial charge in [0.1, 0.15) is 0 Å². The molecule has 0 amide bonds. The van der Waals surface area contributed by atoms with Crippen molar-refractivity contribution in [2.45, 2.75) is 18.3 Å². The van der Waals surface area contributed by atoms with Gasteiger partial charge in [-0.25, -0.2) is 0 Å². The van der Waals surface area contributed by atoms with Gasteiger partial charge in [-0.2, -0.15) is 0 Å². The van der Waals surface area contributed by atoms with Crippen LogP contribution in [0.5, 0.6) is 0 Å². The molecule has 1 aliphatic heterocycles. The molecule has 3 N–H and O–H groups in total. The molecule has 3 heteroatoms. The Hall–Kier alpha value is -0.380. The summed E-state index contributed by atoms with van der Waals surface area (Å²) in [5, 5.41) is 3.39. The van der Waals surface area contributed by atoms with E-state index < -0.39 is 0 Å². The molecule has 2 rings (SSSR count). The fourth-order valence-corrected chi connectivity index (χ4v) is 2.73. The lowest BCUT2D eigenvalue weighted by Gasteiger charge is -2.37. The zero-order valence-electron chi connectivity index (χ0n) is 8.80. The normalized spacial score (nSPS) is 20.1. The first-order valence-electron chi connectivity index (χ1n) is 5.44. The van der Waals surface area contributed by atoms with Crippen molar-refractivity contribution >= 4 is 15.9 Å². The van der Waals surface area contributed by atoms with Gasteiger partial charge in [0.05, 0.1) is 0 Å². The third-order valence-corrected chi connectivity index (χ3v) is 3.88. The lowest BCUT2D eigenvalue weighted by Crippen LogP contribution is -2.44. The fourth-order valence-electron chi connectivity index (χ4n) is 2.33. The van der Waals surface area contributed by atoms with Crippen molar-refractivity contribution in [2.75, 3.05) is 19.6 Å². The van der Waals surface area contributed by atoms with Gasteiger partial charge >= 0.3 is 0 Å². The van der Waals surface area contributed by atoms with Crippen LogP contribution >= 0.6 is 15.9 Å². The molecule has 0 radical (unpaired) electrons. The molecule has 0 aromatic heterocycles. The molecule has 82 valence electrons. The van der Waals surface area contributed by atoms with E-state index in [-0.39, 0.29) is 5.41 Å². The summed E-state index contributed by atoms with van der Waals surface area (Å²) < 4.78 is 1.14. The van der Waals surface area contributed by atoms with Gasteiger partial charge in [-0.3, -0.25) is 0 Å². The number of piperidine rings is 1. The quantitative estimate of drug-likeness (QED) is 0.862. The number of nitrogens with two attached hydrogens (primary N) is 1. The van der Waals surface area contributed by atoms with Gasteiger partial charge in [0.25, 0.3) is 0 Å².